The molecular formula is C14H17BrO3. The van der Waals surface area contributed by atoms with Crippen molar-refractivity contribution in [3.05, 3.63) is 28.2 Å². The lowest BCUT2D eigenvalue weighted by molar-refractivity contribution is 0.0764. The second kappa shape index (κ2) is 5.85. The standard InChI is InChI=1S/C14H17BrO3/c1-18-13-7-4-10(8-12(13)15)14(17)9-2-5-11(16)6-3-9/h4,7-9,11,16H,2-3,5-6H2,1H3. The maximum absolute atomic E-state index is 12.3. The average molecular weight is 313 g/mol. The number of ketones is 1. The molecule has 0 amide bonds. The zero-order valence-corrected chi connectivity index (χ0v) is 11.9. The van der Waals surface area contributed by atoms with Gasteiger partial charge in [-0.25, -0.2) is 0 Å². The van der Waals surface area contributed by atoms with E-state index in [-0.39, 0.29) is 17.8 Å². The van der Waals surface area contributed by atoms with Crippen LogP contribution in [0.2, 0.25) is 0 Å². The van der Waals surface area contributed by atoms with Crippen LogP contribution in [0.4, 0.5) is 0 Å². The van der Waals surface area contributed by atoms with E-state index >= 15 is 0 Å². The van der Waals surface area contributed by atoms with Gasteiger partial charge in [0.05, 0.1) is 17.7 Å². The molecule has 1 fully saturated rings. The van der Waals surface area contributed by atoms with Gasteiger partial charge >= 0.3 is 0 Å². The van der Waals surface area contributed by atoms with Gasteiger partial charge in [0.1, 0.15) is 5.75 Å². The SMILES string of the molecule is COc1ccc(C(=O)C2CCC(O)CC2)cc1Br. The summed E-state index contributed by atoms with van der Waals surface area (Å²) in [5, 5.41) is 9.46. The average Bonchev–Trinajstić information content (AvgIpc) is 2.38. The van der Waals surface area contributed by atoms with Crippen molar-refractivity contribution in [1.82, 2.24) is 0 Å². The molecule has 0 aromatic heterocycles. The van der Waals surface area contributed by atoms with Crippen molar-refractivity contribution in [3.63, 3.8) is 0 Å². The molecule has 1 aliphatic rings. The summed E-state index contributed by atoms with van der Waals surface area (Å²) in [5.41, 5.74) is 0.712. The van der Waals surface area contributed by atoms with Crippen molar-refractivity contribution < 1.29 is 14.6 Å². The minimum Gasteiger partial charge on any atom is -0.496 e. The fraction of sp³-hybridized carbons (Fsp3) is 0.500. The Kier molecular flexibility index (Phi) is 4.40. The molecule has 0 bridgehead atoms. The van der Waals surface area contributed by atoms with Gasteiger partial charge in [-0.2, -0.15) is 0 Å². The Balaban J connectivity index is 2.11. The topological polar surface area (TPSA) is 46.5 Å². The maximum atomic E-state index is 12.3. The highest BCUT2D eigenvalue weighted by Crippen LogP contribution is 2.30. The van der Waals surface area contributed by atoms with E-state index in [2.05, 4.69) is 15.9 Å². The first-order chi connectivity index (χ1) is 8.61. The Morgan fingerprint density at radius 2 is 2.00 bits per heavy atom. The van der Waals surface area contributed by atoms with Gasteiger partial charge in [-0.1, -0.05) is 0 Å². The van der Waals surface area contributed by atoms with E-state index in [1.807, 2.05) is 6.07 Å². The summed E-state index contributed by atoms with van der Waals surface area (Å²) >= 11 is 3.39. The van der Waals surface area contributed by atoms with Crippen molar-refractivity contribution in [2.75, 3.05) is 7.11 Å². The number of carbonyl (C=O) groups excluding carboxylic acids is 1. The van der Waals surface area contributed by atoms with Crippen LogP contribution in [0.3, 0.4) is 0 Å². The van der Waals surface area contributed by atoms with Gasteiger partial charge in [0.15, 0.2) is 5.78 Å². The summed E-state index contributed by atoms with van der Waals surface area (Å²) in [6.07, 6.45) is 2.80. The number of aliphatic hydroxyl groups is 1. The number of rotatable bonds is 3. The second-order valence-electron chi connectivity index (χ2n) is 4.72. The van der Waals surface area contributed by atoms with Crippen molar-refractivity contribution in [2.45, 2.75) is 31.8 Å². The van der Waals surface area contributed by atoms with Crippen molar-refractivity contribution >= 4 is 21.7 Å². The smallest absolute Gasteiger partial charge is 0.165 e. The van der Waals surface area contributed by atoms with Gasteiger partial charge < -0.3 is 9.84 Å². The van der Waals surface area contributed by atoms with Gasteiger partial charge in [-0.15, -0.1) is 0 Å². The molecule has 98 valence electrons. The van der Waals surface area contributed by atoms with Gasteiger partial charge in [0.2, 0.25) is 0 Å². The lowest BCUT2D eigenvalue weighted by atomic mass is 9.82. The third-order valence-electron chi connectivity index (χ3n) is 3.50. The number of carbonyl (C=O) groups is 1. The largest absolute Gasteiger partial charge is 0.496 e. The van der Waals surface area contributed by atoms with Crippen LogP contribution in [0.1, 0.15) is 36.0 Å². The van der Waals surface area contributed by atoms with Crippen LogP contribution in [-0.4, -0.2) is 24.1 Å². The summed E-state index contributed by atoms with van der Waals surface area (Å²) in [5.74, 6) is 0.949. The van der Waals surface area contributed by atoms with Crippen molar-refractivity contribution in [3.8, 4) is 5.75 Å². The maximum Gasteiger partial charge on any atom is 0.165 e. The summed E-state index contributed by atoms with van der Waals surface area (Å²) < 4.78 is 5.95. The first-order valence-electron chi connectivity index (χ1n) is 6.17. The van der Waals surface area contributed by atoms with Crippen LogP contribution < -0.4 is 4.74 Å². The van der Waals surface area contributed by atoms with Gasteiger partial charge in [0, 0.05) is 11.5 Å². The number of aliphatic hydroxyl groups excluding tert-OH is 1. The van der Waals surface area contributed by atoms with E-state index in [0.717, 1.165) is 35.9 Å². The molecule has 2 rings (SSSR count). The summed E-state index contributed by atoms with van der Waals surface area (Å²) in [6, 6.07) is 5.41. The number of halogens is 1. The number of hydrogen-bond acceptors (Lipinski definition) is 3. The van der Waals surface area contributed by atoms with E-state index in [9.17, 15) is 9.90 Å². The molecule has 1 saturated carbocycles. The second-order valence-corrected chi connectivity index (χ2v) is 5.57. The van der Waals surface area contributed by atoms with Crippen LogP contribution in [0, 0.1) is 5.92 Å². The molecule has 0 atom stereocenters. The van der Waals surface area contributed by atoms with Gasteiger partial charge in [-0.05, 0) is 59.8 Å². The van der Waals surface area contributed by atoms with Crippen LogP contribution in [0.15, 0.2) is 22.7 Å². The number of Topliss-reactive ketones (excluding diaryl/α,β-unsaturated/α-hetero) is 1. The Hall–Kier alpha value is -0.870. The molecule has 1 N–H and O–H groups in total. The summed E-state index contributed by atoms with van der Waals surface area (Å²) in [4.78, 5) is 12.3. The number of benzene rings is 1. The number of hydrogen-bond donors (Lipinski definition) is 1. The van der Waals surface area contributed by atoms with E-state index in [1.165, 1.54) is 0 Å². The Bertz CT molecular complexity index is 437. The van der Waals surface area contributed by atoms with E-state index in [0.29, 0.717) is 5.56 Å². The molecule has 4 heteroatoms. The quantitative estimate of drug-likeness (QED) is 0.872. The van der Waals surface area contributed by atoms with Crippen LogP contribution in [0.5, 0.6) is 5.75 Å². The Morgan fingerprint density at radius 1 is 1.33 bits per heavy atom. The van der Waals surface area contributed by atoms with Crippen molar-refractivity contribution in [1.29, 1.82) is 0 Å². The predicted octanol–water partition coefficient (Wildman–Crippen LogP) is 3.19. The van der Waals surface area contributed by atoms with E-state index in [4.69, 9.17) is 4.74 Å². The molecule has 3 nitrogen and oxygen atoms in total. The number of methoxy groups -OCH3 is 1. The van der Waals surface area contributed by atoms with Gasteiger partial charge in [-0.3, -0.25) is 4.79 Å². The molecule has 18 heavy (non-hydrogen) atoms. The molecular weight excluding hydrogens is 296 g/mol. The lowest BCUT2D eigenvalue weighted by Crippen LogP contribution is -2.24. The molecule has 0 aliphatic heterocycles. The first kappa shape index (κ1) is 13.6. The van der Waals surface area contributed by atoms with Gasteiger partial charge in [0.25, 0.3) is 0 Å². The van der Waals surface area contributed by atoms with Crippen molar-refractivity contribution in [2.24, 2.45) is 5.92 Å². The molecule has 1 aliphatic carbocycles. The highest BCUT2D eigenvalue weighted by atomic mass is 79.9. The minimum atomic E-state index is -0.225. The molecule has 0 unspecified atom stereocenters. The zero-order chi connectivity index (χ0) is 13.1. The van der Waals surface area contributed by atoms with Crippen LogP contribution in [0.25, 0.3) is 0 Å². The molecule has 1 aromatic rings. The molecule has 1 aromatic carbocycles. The Labute approximate surface area is 115 Å². The highest BCUT2D eigenvalue weighted by Gasteiger charge is 2.26. The van der Waals surface area contributed by atoms with E-state index in [1.54, 1.807) is 19.2 Å². The molecule has 0 heterocycles. The Morgan fingerprint density at radius 3 is 2.56 bits per heavy atom. The third kappa shape index (κ3) is 2.93. The first-order valence-corrected chi connectivity index (χ1v) is 6.97. The summed E-state index contributed by atoms with van der Waals surface area (Å²) in [7, 11) is 1.60. The molecule has 0 spiro atoms. The zero-order valence-electron chi connectivity index (χ0n) is 10.4. The highest BCUT2D eigenvalue weighted by molar-refractivity contribution is 9.10. The summed E-state index contributed by atoms with van der Waals surface area (Å²) in [6.45, 7) is 0. The third-order valence-corrected chi connectivity index (χ3v) is 4.12. The monoisotopic (exact) mass is 312 g/mol. The number of ether oxygens (including phenoxy) is 1. The fourth-order valence-electron chi connectivity index (χ4n) is 2.39. The lowest BCUT2D eigenvalue weighted by Gasteiger charge is -2.24. The molecule has 0 radical (unpaired) electrons. The van der Waals surface area contributed by atoms with Crippen LogP contribution in [-0.2, 0) is 0 Å². The normalized spacial score (nSPS) is 23.7. The molecule has 0 saturated heterocycles. The van der Waals surface area contributed by atoms with Crippen LogP contribution >= 0.6 is 15.9 Å². The fourth-order valence-corrected chi connectivity index (χ4v) is 2.93. The van der Waals surface area contributed by atoms with E-state index < -0.39 is 0 Å². The minimum absolute atomic E-state index is 0.0497. The predicted molar refractivity (Wildman–Crippen MR) is 73.0 cm³/mol.